The van der Waals surface area contributed by atoms with Crippen LogP contribution in [-0.4, -0.2) is 45.4 Å². The minimum atomic E-state index is -4.07. The van der Waals surface area contributed by atoms with Gasteiger partial charge in [-0.1, -0.05) is 18.2 Å². The van der Waals surface area contributed by atoms with E-state index in [1.807, 2.05) is 19.9 Å². The summed E-state index contributed by atoms with van der Waals surface area (Å²) < 4.78 is 31.8. The lowest BCUT2D eigenvalue weighted by Gasteiger charge is -2.21. The first kappa shape index (κ1) is 24.9. The summed E-state index contributed by atoms with van der Waals surface area (Å²) in [5, 5.41) is 7.19. The Bertz CT molecular complexity index is 1260. The quantitative estimate of drug-likeness (QED) is 0.316. The van der Waals surface area contributed by atoms with Crippen LogP contribution in [0, 0.1) is 13.8 Å². The van der Waals surface area contributed by atoms with Crippen molar-refractivity contribution in [1.82, 2.24) is 15.4 Å². The molecule has 1 fully saturated rings. The van der Waals surface area contributed by atoms with Crippen LogP contribution >= 0.6 is 0 Å². The number of urea groups is 1. The van der Waals surface area contributed by atoms with Gasteiger partial charge in [-0.3, -0.25) is 19.7 Å². The van der Waals surface area contributed by atoms with Gasteiger partial charge in [-0.25, -0.2) is 13.2 Å². The molecule has 12 heteroatoms. The molecule has 4 amide bonds. The zero-order chi connectivity index (χ0) is 25.1. The van der Waals surface area contributed by atoms with Crippen molar-refractivity contribution in [1.29, 1.82) is 0 Å². The van der Waals surface area contributed by atoms with Crippen LogP contribution in [0.2, 0.25) is 0 Å². The Hall–Kier alpha value is -3.77. The zero-order valence-electron chi connectivity index (χ0n) is 18.7. The van der Waals surface area contributed by atoms with Crippen molar-refractivity contribution in [2.45, 2.75) is 31.2 Å². The van der Waals surface area contributed by atoms with Crippen LogP contribution in [0.1, 0.15) is 23.6 Å². The maximum atomic E-state index is 12.5. The molecule has 11 nitrogen and oxygen atoms in total. The minimum Gasteiger partial charge on any atom is -0.455 e. The van der Waals surface area contributed by atoms with Gasteiger partial charge in [0.2, 0.25) is 10.0 Å². The number of anilines is 1. The van der Waals surface area contributed by atoms with Gasteiger partial charge in [0.05, 0.1) is 4.90 Å². The van der Waals surface area contributed by atoms with Gasteiger partial charge in [-0.2, -0.15) is 4.72 Å². The Balaban J connectivity index is 1.51. The van der Waals surface area contributed by atoms with E-state index in [1.54, 1.807) is 12.1 Å². The highest BCUT2D eigenvalue weighted by molar-refractivity contribution is 7.89. The Morgan fingerprint density at radius 3 is 2.29 bits per heavy atom. The van der Waals surface area contributed by atoms with E-state index in [1.165, 1.54) is 31.2 Å². The predicted octanol–water partition coefficient (Wildman–Crippen LogP) is 0.818. The number of carbonyl (C=O) groups is 4. The Morgan fingerprint density at radius 2 is 1.71 bits per heavy atom. The van der Waals surface area contributed by atoms with Gasteiger partial charge >= 0.3 is 12.0 Å². The second kappa shape index (κ2) is 9.61. The van der Waals surface area contributed by atoms with Gasteiger partial charge in [0.15, 0.2) is 6.61 Å². The molecule has 180 valence electrons. The average Bonchev–Trinajstić information content (AvgIpc) is 3.05. The van der Waals surface area contributed by atoms with Crippen LogP contribution in [0.25, 0.3) is 0 Å². The van der Waals surface area contributed by atoms with E-state index in [-0.39, 0.29) is 4.90 Å². The summed E-state index contributed by atoms with van der Waals surface area (Å²) in [6.07, 6.45) is 0. The largest absolute Gasteiger partial charge is 0.455 e. The number of rotatable bonds is 8. The molecule has 1 atom stereocenters. The molecular weight excluding hydrogens is 464 g/mol. The standard InChI is InChI=1S/C22H24N4O7S/c1-13-4-7-16(10-14(13)2)24-18(27)12-33-19(28)11-23-34(31,32)17-8-5-15(6-9-17)22(3)20(29)25-21(30)26-22/h4-10,23H,11-12H2,1-3H3,(H,24,27)(H2,25,26,29,30). The fourth-order valence-corrected chi connectivity index (χ4v) is 4.13. The van der Waals surface area contributed by atoms with E-state index in [9.17, 15) is 27.6 Å². The fraction of sp³-hybridized carbons (Fsp3) is 0.273. The van der Waals surface area contributed by atoms with Gasteiger partial charge in [0, 0.05) is 5.69 Å². The lowest BCUT2D eigenvalue weighted by atomic mass is 9.92. The summed E-state index contributed by atoms with van der Waals surface area (Å²) in [4.78, 5) is 47.1. The molecular formula is C22H24N4O7S. The molecule has 0 spiro atoms. The summed E-state index contributed by atoms with van der Waals surface area (Å²) >= 11 is 0. The third-order valence-corrected chi connectivity index (χ3v) is 6.77. The Kier molecular flexibility index (Phi) is 7.03. The third kappa shape index (κ3) is 5.58. The molecule has 0 aromatic heterocycles. The van der Waals surface area contributed by atoms with Crippen molar-refractivity contribution >= 4 is 39.5 Å². The smallest absolute Gasteiger partial charge is 0.322 e. The molecule has 0 radical (unpaired) electrons. The second-order valence-electron chi connectivity index (χ2n) is 7.89. The van der Waals surface area contributed by atoms with Crippen LogP contribution in [0.5, 0.6) is 0 Å². The molecule has 3 rings (SSSR count). The average molecular weight is 489 g/mol. The highest BCUT2D eigenvalue weighted by Gasteiger charge is 2.43. The Morgan fingerprint density at radius 1 is 1.03 bits per heavy atom. The number of hydrogen-bond donors (Lipinski definition) is 4. The van der Waals surface area contributed by atoms with Crippen LogP contribution in [0.3, 0.4) is 0 Å². The van der Waals surface area contributed by atoms with Crippen LogP contribution in [0.15, 0.2) is 47.4 Å². The lowest BCUT2D eigenvalue weighted by Crippen LogP contribution is -2.40. The van der Waals surface area contributed by atoms with E-state index in [2.05, 4.69) is 20.7 Å². The monoisotopic (exact) mass is 488 g/mol. The highest BCUT2D eigenvalue weighted by Crippen LogP contribution is 2.25. The summed E-state index contributed by atoms with van der Waals surface area (Å²) in [6.45, 7) is 4.06. The molecule has 1 aliphatic rings. The highest BCUT2D eigenvalue weighted by atomic mass is 32.2. The van der Waals surface area contributed by atoms with E-state index in [0.29, 0.717) is 11.3 Å². The molecule has 0 bridgehead atoms. The van der Waals surface area contributed by atoms with Crippen molar-refractivity contribution in [2.24, 2.45) is 0 Å². The molecule has 1 saturated heterocycles. The fourth-order valence-electron chi connectivity index (χ4n) is 3.16. The zero-order valence-corrected chi connectivity index (χ0v) is 19.5. The van der Waals surface area contributed by atoms with Gasteiger partial charge < -0.3 is 15.4 Å². The number of nitrogens with one attached hydrogen (secondary N) is 4. The molecule has 2 aromatic carbocycles. The molecule has 1 unspecified atom stereocenters. The van der Waals surface area contributed by atoms with Crippen LogP contribution in [-0.2, 0) is 34.7 Å². The number of imide groups is 1. The number of aryl methyl sites for hydroxylation is 2. The third-order valence-electron chi connectivity index (χ3n) is 5.35. The van der Waals surface area contributed by atoms with Gasteiger partial charge in [0.25, 0.3) is 11.8 Å². The van der Waals surface area contributed by atoms with Crippen molar-refractivity contribution in [3.05, 3.63) is 59.2 Å². The summed E-state index contributed by atoms with van der Waals surface area (Å²) in [5.41, 5.74) is 1.66. The maximum Gasteiger partial charge on any atom is 0.322 e. The first-order chi connectivity index (χ1) is 15.9. The van der Waals surface area contributed by atoms with Gasteiger partial charge in [-0.15, -0.1) is 0 Å². The van der Waals surface area contributed by atoms with Crippen molar-refractivity contribution < 1.29 is 32.3 Å². The Labute approximate surface area is 196 Å². The molecule has 0 saturated carbocycles. The normalized spacial score (nSPS) is 17.6. The number of benzene rings is 2. The number of ether oxygens (including phenoxy) is 1. The topological polar surface area (TPSA) is 160 Å². The first-order valence-electron chi connectivity index (χ1n) is 10.2. The number of sulfonamides is 1. The number of carbonyl (C=O) groups excluding carboxylic acids is 4. The molecule has 0 aliphatic carbocycles. The van der Waals surface area contributed by atoms with Crippen LogP contribution < -0.4 is 20.7 Å². The van der Waals surface area contributed by atoms with Crippen molar-refractivity contribution in [3.8, 4) is 0 Å². The van der Waals surface area contributed by atoms with E-state index in [4.69, 9.17) is 4.74 Å². The van der Waals surface area contributed by atoms with Gasteiger partial charge in [-0.05, 0) is 61.7 Å². The molecule has 34 heavy (non-hydrogen) atoms. The predicted molar refractivity (Wildman–Crippen MR) is 121 cm³/mol. The summed E-state index contributed by atoms with van der Waals surface area (Å²) in [6, 6.07) is 9.94. The van der Waals surface area contributed by atoms with E-state index < -0.39 is 52.5 Å². The molecule has 1 heterocycles. The second-order valence-corrected chi connectivity index (χ2v) is 9.66. The summed E-state index contributed by atoms with van der Waals surface area (Å²) in [7, 11) is -4.07. The SMILES string of the molecule is Cc1ccc(NC(=O)COC(=O)CNS(=O)(=O)c2ccc(C3(C)NC(=O)NC3=O)cc2)cc1C. The number of esters is 1. The number of hydrogen-bond acceptors (Lipinski definition) is 7. The van der Waals surface area contributed by atoms with E-state index in [0.717, 1.165) is 11.1 Å². The van der Waals surface area contributed by atoms with Gasteiger partial charge in [0.1, 0.15) is 12.1 Å². The lowest BCUT2D eigenvalue weighted by molar-refractivity contribution is -0.146. The van der Waals surface area contributed by atoms with Crippen LogP contribution in [0.4, 0.5) is 10.5 Å². The molecule has 2 aromatic rings. The first-order valence-corrected chi connectivity index (χ1v) is 11.7. The molecule has 1 aliphatic heterocycles. The maximum absolute atomic E-state index is 12.5. The summed E-state index contributed by atoms with van der Waals surface area (Å²) in [5.74, 6) is -2.06. The molecule has 4 N–H and O–H groups in total. The van der Waals surface area contributed by atoms with E-state index >= 15 is 0 Å². The van der Waals surface area contributed by atoms with Crippen molar-refractivity contribution in [2.75, 3.05) is 18.5 Å². The van der Waals surface area contributed by atoms with Crippen molar-refractivity contribution in [3.63, 3.8) is 0 Å². The number of amides is 4. The minimum absolute atomic E-state index is 0.162.